The fourth-order valence-corrected chi connectivity index (χ4v) is 4.46. The Kier molecular flexibility index (Phi) is 3.29. The van der Waals surface area contributed by atoms with E-state index in [1.165, 1.54) is 12.1 Å². The van der Waals surface area contributed by atoms with Crippen LogP contribution in [0.1, 0.15) is 35.1 Å². The van der Waals surface area contributed by atoms with Crippen molar-refractivity contribution in [2.24, 2.45) is 0 Å². The van der Waals surface area contributed by atoms with Gasteiger partial charge in [-0.05, 0) is 12.1 Å². The highest BCUT2D eigenvalue weighted by Gasteiger charge is 2.69. The van der Waals surface area contributed by atoms with Crippen molar-refractivity contribution in [1.82, 2.24) is 0 Å². The third-order valence-electron chi connectivity index (χ3n) is 5.68. The number of rotatable bonds is 4. The molecule has 2 bridgehead atoms. The van der Waals surface area contributed by atoms with Crippen LogP contribution < -0.4 is 0 Å². The molecule has 0 heterocycles. The first kappa shape index (κ1) is 17.5. The summed E-state index contributed by atoms with van der Waals surface area (Å²) in [4.78, 5) is 44.0. The summed E-state index contributed by atoms with van der Waals surface area (Å²) < 4.78 is 0. The van der Waals surface area contributed by atoms with Crippen LogP contribution in [0.3, 0.4) is 0 Å². The standard InChI is InChI=1S/C16H10N4O8/c21-17(22)9-1-3-11-13(7-9)16(20(27)28)6-5-15(11,19(25)26)12-4-2-10(18(23)24)8-14(12)16/h1-4,7-8H,5-6H2. The van der Waals surface area contributed by atoms with Crippen molar-refractivity contribution in [2.75, 3.05) is 0 Å². The lowest BCUT2D eigenvalue weighted by Gasteiger charge is -2.45. The monoisotopic (exact) mass is 386 g/mol. The Labute approximate surface area is 155 Å². The first-order valence-corrected chi connectivity index (χ1v) is 8.04. The zero-order chi connectivity index (χ0) is 20.4. The Hall–Kier alpha value is -3.96. The maximum absolute atomic E-state index is 12.2. The first-order chi connectivity index (χ1) is 13.2. The molecule has 0 atom stereocenters. The third kappa shape index (κ3) is 1.83. The second-order valence-corrected chi connectivity index (χ2v) is 6.71. The molecule has 3 aliphatic rings. The highest BCUT2D eigenvalue weighted by Crippen LogP contribution is 2.60. The summed E-state index contributed by atoms with van der Waals surface area (Å²) in [7, 11) is 0. The van der Waals surface area contributed by atoms with Crippen LogP contribution in [0.2, 0.25) is 0 Å². The van der Waals surface area contributed by atoms with Gasteiger partial charge < -0.3 is 0 Å². The fraction of sp³-hybridized carbons (Fsp3) is 0.250. The second kappa shape index (κ2) is 5.28. The van der Waals surface area contributed by atoms with Crippen molar-refractivity contribution < 1.29 is 19.7 Å². The highest BCUT2D eigenvalue weighted by atomic mass is 16.6. The van der Waals surface area contributed by atoms with Gasteiger partial charge in [-0.2, -0.15) is 0 Å². The van der Waals surface area contributed by atoms with Crippen LogP contribution in [-0.4, -0.2) is 19.7 Å². The van der Waals surface area contributed by atoms with Crippen LogP contribution in [0.5, 0.6) is 0 Å². The summed E-state index contributed by atoms with van der Waals surface area (Å²) >= 11 is 0. The van der Waals surface area contributed by atoms with Crippen LogP contribution in [0.25, 0.3) is 0 Å². The number of benzene rings is 2. The second-order valence-electron chi connectivity index (χ2n) is 6.71. The van der Waals surface area contributed by atoms with E-state index in [0.29, 0.717) is 0 Å². The molecule has 2 aromatic carbocycles. The Morgan fingerprint density at radius 2 is 0.964 bits per heavy atom. The van der Waals surface area contributed by atoms with Crippen molar-refractivity contribution in [3.8, 4) is 0 Å². The molecule has 28 heavy (non-hydrogen) atoms. The molecule has 2 aromatic rings. The molecule has 0 N–H and O–H groups in total. The lowest BCUT2D eigenvalue weighted by Crippen LogP contribution is -2.55. The van der Waals surface area contributed by atoms with Crippen LogP contribution in [0, 0.1) is 40.5 Å². The van der Waals surface area contributed by atoms with Gasteiger partial charge in [-0.15, -0.1) is 0 Å². The van der Waals surface area contributed by atoms with Gasteiger partial charge in [0.2, 0.25) is 0 Å². The molecule has 12 nitrogen and oxygen atoms in total. The van der Waals surface area contributed by atoms with Crippen molar-refractivity contribution in [1.29, 1.82) is 0 Å². The molecule has 0 aliphatic heterocycles. The van der Waals surface area contributed by atoms with E-state index in [4.69, 9.17) is 0 Å². The average Bonchev–Trinajstić information content (AvgIpc) is 2.66. The molecule has 0 unspecified atom stereocenters. The van der Waals surface area contributed by atoms with Gasteiger partial charge in [0.25, 0.3) is 22.5 Å². The molecular formula is C16H10N4O8. The smallest absolute Gasteiger partial charge is 0.263 e. The Morgan fingerprint density at radius 1 is 0.607 bits per heavy atom. The van der Waals surface area contributed by atoms with E-state index in [1.807, 2.05) is 0 Å². The van der Waals surface area contributed by atoms with E-state index >= 15 is 0 Å². The SMILES string of the molecule is O=[N+]([O-])c1ccc2c(c1)C1([N+](=O)[O-])CCC2([N+](=O)[O-])c2ccc([N+](=O)[O-])cc21. The minimum Gasteiger partial charge on any atom is -0.263 e. The zero-order valence-corrected chi connectivity index (χ0v) is 13.9. The molecule has 0 fully saturated rings. The van der Waals surface area contributed by atoms with E-state index in [-0.39, 0.29) is 35.1 Å². The Morgan fingerprint density at radius 3 is 1.29 bits per heavy atom. The third-order valence-corrected chi connectivity index (χ3v) is 5.68. The van der Waals surface area contributed by atoms with Crippen molar-refractivity contribution in [2.45, 2.75) is 23.9 Å². The number of fused-ring (bicyclic) bond motifs is 1. The molecule has 0 saturated carbocycles. The number of nitro benzene ring substituents is 2. The van der Waals surface area contributed by atoms with Gasteiger partial charge >= 0.3 is 0 Å². The maximum atomic E-state index is 12.2. The van der Waals surface area contributed by atoms with Gasteiger partial charge in [-0.1, -0.05) is 0 Å². The van der Waals surface area contributed by atoms with Crippen molar-refractivity contribution in [3.05, 3.63) is 99.1 Å². The molecular weight excluding hydrogens is 376 g/mol. The normalized spacial score (nSPS) is 24.1. The number of nitro groups is 4. The van der Waals surface area contributed by atoms with E-state index in [0.717, 1.165) is 24.3 Å². The first-order valence-electron chi connectivity index (χ1n) is 8.04. The molecule has 5 rings (SSSR count). The van der Waals surface area contributed by atoms with Crippen LogP contribution in [0.15, 0.2) is 36.4 Å². The number of hydrogen-bond acceptors (Lipinski definition) is 8. The summed E-state index contributed by atoms with van der Waals surface area (Å²) in [5, 5.41) is 46.7. The molecule has 3 aliphatic carbocycles. The van der Waals surface area contributed by atoms with E-state index in [9.17, 15) is 40.5 Å². The lowest BCUT2D eigenvalue weighted by molar-refractivity contribution is -0.602. The molecule has 0 saturated heterocycles. The minimum atomic E-state index is -2.03. The predicted octanol–water partition coefficient (Wildman–Crippen LogP) is 2.65. The van der Waals surface area contributed by atoms with Gasteiger partial charge in [0.05, 0.1) is 21.0 Å². The van der Waals surface area contributed by atoms with E-state index < -0.39 is 42.1 Å². The fourth-order valence-electron chi connectivity index (χ4n) is 4.46. The summed E-state index contributed by atoms with van der Waals surface area (Å²) in [5.41, 5.74) is -5.09. The van der Waals surface area contributed by atoms with E-state index in [1.54, 1.807) is 0 Å². The lowest BCUT2D eigenvalue weighted by atomic mass is 9.56. The molecule has 0 amide bonds. The number of nitrogens with zero attached hydrogens (tertiary/aromatic N) is 4. The van der Waals surface area contributed by atoms with Crippen LogP contribution in [-0.2, 0) is 11.1 Å². The maximum Gasteiger partial charge on any atom is 0.273 e. The topological polar surface area (TPSA) is 173 Å². The Balaban J connectivity index is 2.18. The van der Waals surface area contributed by atoms with Crippen molar-refractivity contribution in [3.63, 3.8) is 0 Å². The van der Waals surface area contributed by atoms with Gasteiger partial charge in [0, 0.05) is 58.1 Å². The molecule has 0 spiro atoms. The van der Waals surface area contributed by atoms with Crippen LogP contribution in [0.4, 0.5) is 11.4 Å². The predicted molar refractivity (Wildman–Crippen MR) is 91.0 cm³/mol. The van der Waals surface area contributed by atoms with E-state index in [2.05, 4.69) is 0 Å². The minimum absolute atomic E-state index is 0.00685. The summed E-state index contributed by atoms with van der Waals surface area (Å²) in [6, 6.07) is 6.44. The van der Waals surface area contributed by atoms with Gasteiger partial charge in [-0.3, -0.25) is 40.5 Å². The summed E-state index contributed by atoms with van der Waals surface area (Å²) in [6.45, 7) is 0. The summed E-state index contributed by atoms with van der Waals surface area (Å²) in [5.74, 6) is 0. The largest absolute Gasteiger partial charge is 0.273 e. The highest BCUT2D eigenvalue weighted by molar-refractivity contribution is 5.63. The van der Waals surface area contributed by atoms with Gasteiger partial charge in [0.1, 0.15) is 0 Å². The number of hydrogen-bond donors (Lipinski definition) is 0. The zero-order valence-electron chi connectivity index (χ0n) is 13.9. The molecule has 142 valence electrons. The molecule has 0 radical (unpaired) electrons. The van der Waals surface area contributed by atoms with Crippen molar-refractivity contribution >= 4 is 11.4 Å². The summed E-state index contributed by atoms with van der Waals surface area (Å²) in [6.07, 6.45) is -0.500. The Bertz CT molecular complexity index is 1050. The molecule has 12 heteroatoms. The number of non-ortho nitro benzene ring substituents is 2. The molecule has 0 aromatic heterocycles. The van der Waals surface area contributed by atoms with Gasteiger partial charge in [0.15, 0.2) is 0 Å². The average molecular weight is 386 g/mol. The van der Waals surface area contributed by atoms with Gasteiger partial charge in [-0.25, -0.2) is 0 Å². The van der Waals surface area contributed by atoms with Crippen LogP contribution >= 0.6 is 0 Å². The quantitative estimate of drug-likeness (QED) is 0.569.